The average molecular weight is 279 g/mol. The second kappa shape index (κ2) is 6.72. The summed E-state index contributed by atoms with van der Waals surface area (Å²) >= 11 is 0. The monoisotopic (exact) mass is 279 g/mol. The van der Waals surface area contributed by atoms with Crippen LogP contribution in [0.15, 0.2) is 24.3 Å². The van der Waals surface area contributed by atoms with E-state index in [9.17, 15) is 9.90 Å². The number of aliphatic hydroxyl groups excluding tert-OH is 1. The van der Waals surface area contributed by atoms with Crippen molar-refractivity contribution in [2.45, 2.75) is 19.4 Å². The molecule has 2 atom stereocenters. The zero-order valence-corrected chi connectivity index (χ0v) is 11.7. The molecule has 0 aromatic heterocycles. The van der Waals surface area contributed by atoms with Gasteiger partial charge in [0.15, 0.2) is 0 Å². The molecule has 2 rings (SSSR count). The smallest absolute Gasteiger partial charge is 0.339 e. The first-order valence-electron chi connectivity index (χ1n) is 6.93. The van der Waals surface area contributed by atoms with Crippen molar-refractivity contribution in [1.29, 1.82) is 0 Å². The fourth-order valence-corrected chi connectivity index (χ4v) is 2.48. The molecule has 0 aliphatic carbocycles. The van der Waals surface area contributed by atoms with Crippen molar-refractivity contribution in [3.63, 3.8) is 0 Å². The molecule has 0 radical (unpaired) electrons. The predicted molar refractivity (Wildman–Crippen MR) is 75.1 cm³/mol. The minimum Gasteiger partial charge on any atom is -0.491 e. The van der Waals surface area contributed by atoms with Crippen LogP contribution < -0.4 is 4.74 Å². The number of nitrogens with zero attached hydrogens (tertiary/aromatic N) is 1. The third-order valence-corrected chi connectivity index (χ3v) is 3.73. The molecule has 1 aliphatic heterocycles. The van der Waals surface area contributed by atoms with Gasteiger partial charge >= 0.3 is 5.97 Å². The molecule has 0 saturated carbocycles. The third kappa shape index (κ3) is 3.71. The molecule has 0 spiro atoms. The highest BCUT2D eigenvalue weighted by molar-refractivity contribution is 5.90. The van der Waals surface area contributed by atoms with E-state index in [2.05, 4.69) is 4.90 Å². The maximum Gasteiger partial charge on any atom is 0.339 e. The number of carboxylic acids is 1. The van der Waals surface area contributed by atoms with E-state index in [1.54, 1.807) is 18.2 Å². The van der Waals surface area contributed by atoms with E-state index in [1.165, 1.54) is 6.07 Å². The van der Waals surface area contributed by atoms with E-state index in [-0.39, 0.29) is 17.6 Å². The molecule has 0 bridgehead atoms. The Bertz CT molecular complexity index is 463. The summed E-state index contributed by atoms with van der Waals surface area (Å²) in [5.41, 5.74) is 0.190. The minimum atomic E-state index is -0.977. The lowest BCUT2D eigenvalue weighted by Crippen LogP contribution is -2.43. The third-order valence-electron chi connectivity index (χ3n) is 3.73. The van der Waals surface area contributed by atoms with Crippen LogP contribution in [0.4, 0.5) is 0 Å². The maximum absolute atomic E-state index is 11.0. The summed E-state index contributed by atoms with van der Waals surface area (Å²) in [6.45, 7) is 4.94. The average Bonchev–Trinajstić information content (AvgIpc) is 2.43. The van der Waals surface area contributed by atoms with Gasteiger partial charge in [0.05, 0.1) is 6.10 Å². The summed E-state index contributed by atoms with van der Waals surface area (Å²) in [6, 6.07) is 6.66. The highest BCUT2D eigenvalue weighted by Crippen LogP contribution is 2.19. The summed E-state index contributed by atoms with van der Waals surface area (Å²) in [6.07, 6.45) is 0.576. The lowest BCUT2D eigenvalue weighted by Gasteiger charge is -2.34. The Hall–Kier alpha value is -1.59. The van der Waals surface area contributed by atoms with Crippen LogP contribution >= 0.6 is 0 Å². The predicted octanol–water partition coefficient (Wildman–Crippen LogP) is 1.47. The number of rotatable bonds is 5. The number of aromatic carboxylic acids is 1. The van der Waals surface area contributed by atoms with Crippen LogP contribution in [0.3, 0.4) is 0 Å². The molecular formula is C15H21NO4. The molecule has 2 unspecified atom stereocenters. The highest BCUT2D eigenvalue weighted by atomic mass is 16.5. The van der Waals surface area contributed by atoms with Crippen molar-refractivity contribution in [3.8, 4) is 5.75 Å². The molecule has 2 N–H and O–H groups in total. The first-order chi connectivity index (χ1) is 9.58. The molecule has 110 valence electrons. The van der Waals surface area contributed by atoms with E-state index in [4.69, 9.17) is 9.84 Å². The quantitative estimate of drug-likeness (QED) is 0.854. The fourth-order valence-electron chi connectivity index (χ4n) is 2.48. The molecule has 20 heavy (non-hydrogen) atoms. The number of piperidine rings is 1. The number of likely N-dealkylation sites (tertiary alicyclic amines) is 1. The summed E-state index contributed by atoms with van der Waals surface area (Å²) in [5.74, 6) is -0.296. The Kier molecular flexibility index (Phi) is 4.98. The van der Waals surface area contributed by atoms with Crippen molar-refractivity contribution in [2.24, 2.45) is 5.92 Å². The zero-order chi connectivity index (χ0) is 14.5. The molecule has 1 aromatic rings. The molecule has 1 fully saturated rings. The number of hydrogen-bond donors (Lipinski definition) is 2. The number of carboxylic acid groups (broad SMARTS) is 1. The summed E-state index contributed by atoms with van der Waals surface area (Å²) in [7, 11) is 0. The van der Waals surface area contributed by atoms with Crippen LogP contribution in [0.5, 0.6) is 5.75 Å². The lowest BCUT2D eigenvalue weighted by molar-refractivity contribution is 0.0303. The van der Waals surface area contributed by atoms with Crippen LogP contribution in [-0.2, 0) is 0 Å². The Morgan fingerprint density at radius 3 is 2.90 bits per heavy atom. The number of aliphatic hydroxyl groups is 1. The topological polar surface area (TPSA) is 70.0 Å². The standard InChI is InChI=1S/C15H21NO4/c1-11-10-16(7-6-13(11)17)8-9-20-14-5-3-2-4-12(14)15(18)19/h2-5,11,13,17H,6-10H2,1H3,(H,18,19). The van der Waals surface area contributed by atoms with Crippen LogP contribution in [0.1, 0.15) is 23.7 Å². The van der Waals surface area contributed by atoms with E-state index >= 15 is 0 Å². The summed E-state index contributed by atoms with van der Waals surface area (Å²) in [4.78, 5) is 13.3. The molecule has 1 heterocycles. The second-order valence-electron chi connectivity index (χ2n) is 5.28. The Balaban J connectivity index is 1.83. The van der Waals surface area contributed by atoms with Crippen LogP contribution in [0.2, 0.25) is 0 Å². The molecule has 5 nitrogen and oxygen atoms in total. The van der Waals surface area contributed by atoms with Crippen molar-refractivity contribution in [1.82, 2.24) is 4.90 Å². The van der Waals surface area contributed by atoms with Crippen molar-refractivity contribution < 1.29 is 19.7 Å². The van der Waals surface area contributed by atoms with Gasteiger partial charge in [-0.25, -0.2) is 4.79 Å². The molecule has 1 saturated heterocycles. The van der Waals surface area contributed by atoms with Crippen LogP contribution in [0.25, 0.3) is 0 Å². The van der Waals surface area contributed by atoms with Gasteiger partial charge in [0.2, 0.25) is 0 Å². The first kappa shape index (κ1) is 14.8. The number of para-hydroxylation sites is 1. The van der Waals surface area contributed by atoms with Gasteiger partial charge in [0, 0.05) is 19.6 Å². The number of ether oxygens (including phenoxy) is 1. The largest absolute Gasteiger partial charge is 0.491 e. The van der Waals surface area contributed by atoms with Crippen LogP contribution in [0, 0.1) is 5.92 Å². The molecule has 5 heteroatoms. The van der Waals surface area contributed by atoms with Crippen molar-refractivity contribution >= 4 is 5.97 Å². The van der Waals surface area contributed by atoms with Crippen LogP contribution in [-0.4, -0.2) is 53.4 Å². The van der Waals surface area contributed by atoms with Crippen molar-refractivity contribution in [3.05, 3.63) is 29.8 Å². The Morgan fingerprint density at radius 2 is 2.20 bits per heavy atom. The van der Waals surface area contributed by atoms with Gasteiger partial charge in [0.1, 0.15) is 17.9 Å². The minimum absolute atomic E-state index is 0.190. The highest BCUT2D eigenvalue weighted by Gasteiger charge is 2.23. The molecule has 1 aliphatic rings. The van der Waals surface area contributed by atoms with Gasteiger partial charge in [-0.2, -0.15) is 0 Å². The lowest BCUT2D eigenvalue weighted by atomic mass is 9.97. The van der Waals surface area contributed by atoms with Gasteiger partial charge < -0.3 is 14.9 Å². The Labute approximate surface area is 118 Å². The SMILES string of the molecule is CC1CN(CCOc2ccccc2C(=O)O)CCC1O. The van der Waals surface area contributed by atoms with E-state index < -0.39 is 5.97 Å². The van der Waals surface area contributed by atoms with Gasteiger partial charge in [-0.3, -0.25) is 4.90 Å². The number of benzene rings is 1. The maximum atomic E-state index is 11.0. The van der Waals surface area contributed by atoms with Gasteiger partial charge in [-0.05, 0) is 24.5 Å². The Morgan fingerprint density at radius 1 is 1.45 bits per heavy atom. The van der Waals surface area contributed by atoms with E-state index in [0.29, 0.717) is 12.4 Å². The first-order valence-corrected chi connectivity index (χ1v) is 6.93. The zero-order valence-electron chi connectivity index (χ0n) is 11.7. The molecular weight excluding hydrogens is 258 g/mol. The van der Waals surface area contributed by atoms with E-state index in [0.717, 1.165) is 26.1 Å². The summed E-state index contributed by atoms with van der Waals surface area (Å²) in [5, 5.41) is 18.7. The number of carbonyl (C=O) groups is 1. The molecule has 0 amide bonds. The van der Waals surface area contributed by atoms with Gasteiger partial charge in [-0.1, -0.05) is 19.1 Å². The van der Waals surface area contributed by atoms with Gasteiger partial charge in [0.25, 0.3) is 0 Å². The van der Waals surface area contributed by atoms with Crippen molar-refractivity contribution in [2.75, 3.05) is 26.2 Å². The molecule has 1 aromatic carbocycles. The fraction of sp³-hybridized carbons (Fsp3) is 0.533. The number of hydrogen-bond acceptors (Lipinski definition) is 4. The van der Waals surface area contributed by atoms with E-state index in [1.807, 2.05) is 6.92 Å². The normalized spacial score (nSPS) is 23.5. The summed E-state index contributed by atoms with van der Waals surface area (Å²) < 4.78 is 5.58. The van der Waals surface area contributed by atoms with Gasteiger partial charge in [-0.15, -0.1) is 0 Å². The second-order valence-corrected chi connectivity index (χ2v) is 5.28.